The molecule has 0 spiro atoms. The SMILES string of the molecule is CC(Br)C1C=C(F)C=C(F)C1. The Morgan fingerprint density at radius 3 is 2.73 bits per heavy atom. The zero-order valence-electron chi connectivity index (χ0n) is 6.15. The fourth-order valence-electron chi connectivity index (χ4n) is 1.04. The normalized spacial score (nSPS) is 27.5. The van der Waals surface area contributed by atoms with E-state index in [1.165, 1.54) is 6.08 Å². The number of alkyl halides is 1. The van der Waals surface area contributed by atoms with Gasteiger partial charge in [0, 0.05) is 17.3 Å². The van der Waals surface area contributed by atoms with Crippen molar-refractivity contribution >= 4 is 15.9 Å². The lowest BCUT2D eigenvalue weighted by atomic mass is 9.97. The molecule has 0 nitrogen and oxygen atoms in total. The summed E-state index contributed by atoms with van der Waals surface area (Å²) in [5, 5.41) is 0. The molecule has 1 rings (SSSR count). The van der Waals surface area contributed by atoms with E-state index in [-0.39, 0.29) is 16.6 Å². The molecule has 0 bridgehead atoms. The third-order valence-electron chi connectivity index (χ3n) is 1.69. The summed E-state index contributed by atoms with van der Waals surface area (Å²) < 4.78 is 25.2. The second kappa shape index (κ2) is 3.48. The Bertz CT molecular complexity index is 206. The molecule has 1 aliphatic rings. The second-order valence-corrected chi connectivity index (χ2v) is 4.13. The van der Waals surface area contributed by atoms with Crippen LogP contribution >= 0.6 is 15.9 Å². The van der Waals surface area contributed by atoms with E-state index in [1.54, 1.807) is 0 Å². The molecular formula is C8H9BrF2. The summed E-state index contributed by atoms with van der Waals surface area (Å²) in [7, 11) is 0. The van der Waals surface area contributed by atoms with Crippen LogP contribution in [0.25, 0.3) is 0 Å². The van der Waals surface area contributed by atoms with Gasteiger partial charge in [-0.25, -0.2) is 8.78 Å². The standard InChI is InChI=1S/C8H9BrF2/c1-5(9)6-2-7(10)4-8(11)3-6/h2,4-6H,3H2,1H3. The van der Waals surface area contributed by atoms with Gasteiger partial charge in [-0.1, -0.05) is 22.9 Å². The van der Waals surface area contributed by atoms with Gasteiger partial charge in [-0.15, -0.1) is 0 Å². The minimum Gasteiger partial charge on any atom is -0.212 e. The van der Waals surface area contributed by atoms with Gasteiger partial charge in [-0.2, -0.15) is 0 Å². The number of hydrogen-bond acceptors (Lipinski definition) is 0. The number of allylic oxidation sites excluding steroid dienone is 4. The minimum absolute atomic E-state index is 0.0556. The van der Waals surface area contributed by atoms with E-state index in [0.29, 0.717) is 6.42 Å². The van der Waals surface area contributed by atoms with Gasteiger partial charge in [-0.3, -0.25) is 0 Å². The molecule has 1 aliphatic carbocycles. The lowest BCUT2D eigenvalue weighted by Crippen LogP contribution is -2.11. The van der Waals surface area contributed by atoms with Gasteiger partial charge in [0.2, 0.25) is 0 Å². The highest BCUT2D eigenvalue weighted by atomic mass is 79.9. The summed E-state index contributed by atoms with van der Waals surface area (Å²) in [5.74, 6) is -0.897. The molecule has 0 N–H and O–H groups in total. The maximum Gasteiger partial charge on any atom is 0.122 e. The van der Waals surface area contributed by atoms with Gasteiger partial charge in [0.1, 0.15) is 11.7 Å². The molecule has 0 heterocycles. The van der Waals surface area contributed by atoms with Crippen molar-refractivity contribution < 1.29 is 8.78 Å². The summed E-state index contributed by atoms with van der Waals surface area (Å²) in [6, 6.07) is 0. The van der Waals surface area contributed by atoms with Crippen LogP contribution in [-0.2, 0) is 0 Å². The van der Waals surface area contributed by atoms with E-state index in [1.807, 2.05) is 6.92 Å². The van der Waals surface area contributed by atoms with Gasteiger partial charge in [0.15, 0.2) is 0 Å². The summed E-state index contributed by atoms with van der Waals surface area (Å²) in [5.41, 5.74) is 0. The predicted octanol–water partition coefficient (Wildman–Crippen LogP) is 3.50. The Hall–Kier alpha value is -0.180. The highest BCUT2D eigenvalue weighted by Gasteiger charge is 2.19. The van der Waals surface area contributed by atoms with Crippen molar-refractivity contribution in [3.8, 4) is 0 Å². The molecular weight excluding hydrogens is 214 g/mol. The summed E-state index contributed by atoms with van der Waals surface area (Å²) in [4.78, 5) is 0.118. The van der Waals surface area contributed by atoms with Crippen LogP contribution in [0.2, 0.25) is 0 Å². The molecule has 2 unspecified atom stereocenters. The first-order chi connectivity index (χ1) is 5.09. The fraction of sp³-hybridized carbons (Fsp3) is 0.500. The van der Waals surface area contributed by atoms with Crippen LogP contribution in [0.15, 0.2) is 23.8 Å². The zero-order chi connectivity index (χ0) is 8.43. The predicted molar refractivity (Wildman–Crippen MR) is 44.9 cm³/mol. The maximum absolute atomic E-state index is 12.6. The van der Waals surface area contributed by atoms with Gasteiger partial charge < -0.3 is 0 Å². The van der Waals surface area contributed by atoms with Crippen molar-refractivity contribution in [2.75, 3.05) is 0 Å². The van der Waals surface area contributed by atoms with Crippen LogP contribution in [0.5, 0.6) is 0 Å². The molecule has 62 valence electrons. The van der Waals surface area contributed by atoms with E-state index >= 15 is 0 Å². The molecule has 2 atom stereocenters. The third-order valence-corrected chi connectivity index (χ3v) is 2.37. The van der Waals surface area contributed by atoms with Crippen molar-refractivity contribution in [2.45, 2.75) is 18.2 Å². The van der Waals surface area contributed by atoms with E-state index in [4.69, 9.17) is 0 Å². The molecule has 0 aromatic carbocycles. The fourth-order valence-corrected chi connectivity index (χ4v) is 1.38. The van der Waals surface area contributed by atoms with Crippen molar-refractivity contribution in [1.82, 2.24) is 0 Å². The van der Waals surface area contributed by atoms with Crippen LogP contribution in [0.1, 0.15) is 13.3 Å². The lowest BCUT2D eigenvalue weighted by Gasteiger charge is -2.17. The van der Waals surface area contributed by atoms with Crippen LogP contribution in [0.4, 0.5) is 8.78 Å². The molecule has 0 radical (unpaired) electrons. The summed E-state index contributed by atoms with van der Waals surface area (Å²) >= 11 is 3.29. The lowest BCUT2D eigenvalue weighted by molar-refractivity contribution is 0.489. The molecule has 11 heavy (non-hydrogen) atoms. The van der Waals surface area contributed by atoms with Crippen LogP contribution in [-0.4, -0.2) is 4.83 Å². The Labute approximate surface area is 73.1 Å². The molecule has 0 saturated carbocycles. The van der Waals surface area contributed by atoms with Crippen molar-refractivity contribution in [3.63, 3.8) is 0 Å². The first-order valence-corrected chi connectivity index (χ1v) is 4.38. The topological polar surface area (TPSA) is 0 Å². The maximum atomic E-state index is 12.6. The molecule has 0 aromatic rings. The quantitative estimate of drug-likeness (QED) is 0.597. The summed E-state index contributed by atoms with van der Waals surface area (Å²) in [6.07, 6.45) is 2.69. The first-order valence-electron chi connectivity index (χ1n) is 3.47. The van der Waals surface area contributed by atoms with E-state index in [9.17, 15) is 8.78 Å². The van der Waals surface area contributed by atoms with E-state index in [0.717, 1.165) is 6.08 Å². The average Bonchev–Trinajstić information content (AvgIpc) is 1.85. The smallest absolute Gasteiger partial charge is 0.122 e. The van der Waals surface area contributed by atoms with Crippen LogP contribution in [0, 0.1) is 5.92 Å². The van der Waals surface area contributed by atoms with E-state index < -0.39 is 5.83 Å². The van der Waals surface area contributed by atoms with Gasteiger partial charge >= 0.3 is 0 Å². The Balaban J connectivity index is 2.71. The average molecular weight is 223 g/mol. The number of rotatable bonds is 1. The van der Waals surface area contributed by atoms with Gasteiger partial charge in [0.05, 0.1) is 0 Å². The Morgan fingerprint density at radius 2 is 2.27 bits per heavy atom. The molecule has 0 amide bonds. The highest BCUT2D eigenvalue weighted by Crippen LogP contribution is 2.29. The molecule has 0 saturated heterocycles. The van der Waals surface area contributed by atoms with Crippen molar-refractivity contribution in [2.24, 2.45) is 5.92 Å². The summed E-state index contributed by atoms with van der Waals surface area (Å²) in [6.45, 7) is 1.88. The molecule has 0 fully saturated rings. The third kappa shape index (κ3) is 2.40. The second-order valence-electron chi connectivity index (χ2n) is 2.69. The van der Waals surface area contributed by atoms with Crippen LogP contribution in [0.3, 0.4) is 0 Å². The number of hydrogen-bond donors (Lipinski definition) is 0. The van der Waals surface area contributed by atoms with Crippen LogP contribution < -0.4 is 0 Å². The van der Waals surface area contributed by atoms with Crippen molar-refractivity contribution in [3.05, 3.63) is 23.8 Å². The molecule has 0 aliphatic heterocycles. The number of halogens is 3. The van der Waals surface area contributed by atoms with E-state index in [2.05, 4.69) is 15.9 Å². The zero-order valence-corrected chi connectivity index (χ0v) is 7.74. The largest absolute Gasteiger partial charge is 0.212 e. The molecule has 0 aromatic heterocycles. The van der Waals surface area contributed by atoms with Gasteiger partial charge in [0.25, 0.3) is 0 Å². The first kappa shape index (κ1) is 8.91. The van der Waals surface area contributed by atoms with Gasteiger partial charge in [-0.05, 0) is 12.0 Å². The molecule has 3 heteroatoms. The minimum atomic E-state index is -0.468. The highest BCUT2D eigenvalue weighted by molar-refractivity contribution is 9.09. The Morgan fingerprint density at radius 1 is 1.64 bits per heavy atom. The Kier molecular flexibility index (Phi) is 2.82. The monoisotopic (exact) mass is 222 g/mol. The van der Waals surface area contributed by atoms with Crippen molar-refractivity contribution in [1.29, 1.82) is 0 Å².